The highest BCUT2D eigenvalue weighted by Gasteiger charge is 2.20. The van der Waals surface area contributed by atoms with Crippen molar-refractivity contribution in [1.29, 1.82) is 0 Å². The Kier molecular flexibility index (Phi) is 4.96. The van der Waals surface area contributed by atoms with Gasteiger partial charge >= 0.3 is 0 Å². The largest absolute Gasteiger partial charge is 0.372 e. The smallest absolute Gasteiger partial charge is 0.0921 e. The Morgan fingerprint density at radius 2 is 2.10 bits per heavy atom. The zero-order valence-corrected chi connectivity index (χ0v) is 13.2. The van der Waals surface area contributed by atoms with Gasteiger partial charge in [0.1, 0.15) is 0 Å². The minimum absolute atomic E-state index is 0.216. The molecule has 0 saturated heterocycles. The predicted molar refractivity (Wildman–Crippen MR) is 88.8 cm³/mol. The average Bonchev–Trinajstić information content (AvgIpc) is 2.53. The van der Waals surface area contributed by atoms with Crippen LogP contribution in [0, 0.1) is 0 Å². The second kappa shape index (κ2) is 7.12. The van der Waals surface area contributed by atoms with Crippen LogP contribution in [0.2, 0.25) is 0 Å². The number of thioether (sulfide) groups is 1. The van der Waals surface area contributed by atoms with Crippen molar-refractivity contribution in [2.45, 2.75) is 24.0 Å². The molecule has 1 N–H and O–H groups in total. The summed E-state index contributed by atoms with van der Waals surface area (Å²) >= 11 is 1.88. The van der Waals surface area contributed by atoms with Gasteiger partial charge in [-0.05, 0) is 42.3 Å². The van der Waals surface area contributed by atoms with Gasteiger partial charge in [0.05, 0.1) is 12.7 Å². The zero-order valence-electron chi connectivity index (χ0n) is 12.3. The van der Waals surface area contributed by atoms with Gasteiger partial charge in [-0.25, -0.2) is 0 Å². The molecule has 1 atom stereocenters. The summed E-state index contributed by atoms with van der Waals surface area (Å²) in [4.78, 5) is 1.31. The predicted octanol–water partition coefficient (Wildman–Crippen LogP) is 3.81. The Hall–Kier alpha value is -1.29. The lowest BCUT2D eigenvalue weighted by atomic mass is 9.99. The van der Waals surface area contributed by atoms with Crippen LogP contribution >= 0.6 is 11.8 Å². The van der Waals surface area contributed by atoms with E-state index in [1.807, 2.05) is 18.8 Å². The number of nitrogens with one attached hydrogen (secondary N) is 1. The van der Waals surface area contributed by atoms with E-state index in [2.05, 4.69) is 53.8 Å². The SMILES string of the molecule is CNCc1cccc(SCC2OCCc3ccccc32)c1. The highest BCUT2D eigenvalue weighted by atomic mass is 32.2. The molecule has 1 heterocycles. The van der Waals surface area contributed by atoms with E-state index in [1.165, 1.54) is 21.6 Å². The monoisotopic (exact) mass is 299 g/mol. The lowest BCUT2D eigenvalue weighted by Crippen LogP contribution is -2.17. The standard InChI is InChI=1S/C18H21NOS/c1-19-12-14-5-4-7-16(11-14)21-13-18-17-8-3-2-6-15(17)9-10-20-18/h2-8,11,18-19H,9-10,12-13H2,1H3. The van der Waals surface area contributed by atoms with Crippen molar-refractivity contribution in [2.24, 2.45) is 0 Å². The fourth-order valence-corrected chi connectivity index (χ4v) is 3.77. The van der Waals surface area contributed by atoms with Crippen molar-refractivity contribution in [3.05, 3.63) is 65.2 Å². The van der Waals surface area contributed by atoms with E-state index in [0.29, 0.717) is 0 Å². The molecule has 0 aliphatic carbocycles. The Labute approximate surface area is 130 Å². The first kappa shape index (κ1) is 14.6. The van der Waals surface area contributed by atoms with E-state index >= 15 is 0 Å². The molecule has 0 amide bonds. The molecule has 1 unspecified atom stereocenters. The Balaban J connectivity index is 1.67. The molecule has 1 aliphatic rings. The van der Waals surface area contributed by atoms with Crippen LogP contribution in [0.1, 0.15) is 22.8 Å². The fraction of sp³-hybridized carbons (Fsp3) is 0.333. The first-order valence-electron chi connectivity index (χ1n) is 7.42. The molecular weight excluding hydrogens is 278 g/mol. The molecule has 3 heteroatoms. The normalized spacial score (nSPS) is 17.5. The van der Waals surface area contributed by atoms with Gasteiger partial charge in [-0.1, -0.05) is 36.4 Å². The summed E-state index contributed by atoms with van der Waals surface area (Å²) in [6.07, 6.45) is 1.25. The van der Waals surface area contributed by atoms with Crippen LogP contribution in [0.25, 0.3) is 0 Å². The van der Waals surface area contributed by atoms with E-state index in [4.69, 9.17) is 4.74 Å². The summed E-state index contributed by atoms with van der Waals surface area (Å²) in [7, 11) is 1.98. The molecule has 110 valence electrons. The van der Waals surface area contributed by atoms with Gasteiger partial charge in [-0.15, -0.1) is 11.8 Å². The number of ether oxygens (including phenoxy) is 1. The van der Waals surface area contributed by atoms with Crippen LogP contribution in [0.15, 0.2) is 53.4 Å². The van der Waals surface area contributed by atoms with Gasteiger partial charge in [-0.3, -0.25) is 0 Å². The number of rotatable bonds is 5. The van der Waals surface area contributed by atoms with Gasteiger partial charge in [-0.2, -0.15) is 0 Å². The van der Waals surface area contributed by atoms with Gasteiger partial charge in [0.25, 0.3) is 0 Å². The van der Waals surface area contributed by atoms with E-state index in [1.54, 1.807) is 0 Å². The van der Waals surface area contributed by atoms with E-state index in [9.17, 15) is 0 Å². The molecule has 1 aliphatic heterocycles. The van der Waals surface area contributed by atoms with Crippen molar-refractivity contribution >= 4 is 11.8 Å². The minimum Gasteiger partial charge on any atom is -0.372 e. The summed E-state index contributed by atoms with van der Waals surface area (Å²) in [5, 5.41) is 3.20. The summed E-state index contributed by atoms with van der Waals surface area (Å²) in [6.45, 7) is 1.75. The van der Waals surface area contributed by atoms with Gasteiger partial charge in [0.15, 0.2) is 0 Å². The van der Waals surface area contributed by atoms with Gasteiger partial charge in [0, 0.05) is 17.2 Å². The average molecular weight is 299 g/mol. The van der Waals surface area contributed by atoms with Crippen molar-refractivity contribution in [2.75, 3.05) is 19.4 Å². The van der Waals surface area contributed by atoms with E-state index in [0.717, 1.165) is 25.3 Å². The molecule has 0 aromatic heterocycles. The molecule has 0 fully saturated rings. The molecule has 2 aromatic rings. The fourth-order valence-electron chi connectivity index (χ4n) is 2.74. The van der Waals surface area contributed by atoms with Crippen LogP contribution in [0.3, 0.4) is 0 Å². The maximum atomic E-state index is 5.97. The van der Waals surface area contributed by atoms with Crippen molar-refractivity contribution < 1.29 is 4.74 Å². The van der Waals surface area contributed by atoms with Crippen LogP contribution < -0.4 is 5.32 Å². The summed E-state index contributed by atoms with van der Waals surface area (Å²) in [5.41, 5.74) is 4.13. The summed E-state index contributed by atoms with van der Waals surface area (Å²) in [5.74, 6) is 0.972. The molecule has 2 aromatic carbocycles. The number of hydrogen-bond donors (Lipinski definition) is 1. The Morgan fingerprint density at radius 1 is 1.19 bits per heavy atom. The third-order valence-corrected chi connectivity index (χ3v) is 4.83. The lowest BCUT2D eigenvalue weighted by Gasteiger charge is -2.25. The van der Waals surface area contributed by atoms with Crippen molar-refractivity contribution in [3.8, 4) is 0 Å². The van der Waals surface area contributed by atoms with E-state index < -0.39 is 0 Å². The first-order chi connectivity index (χ1) is 10.4. The van der Waals surface area contributed by atoms with Crippen LogP contribution in [-0.4, -0.2) is 19.4 Å². The molecule has 0 bridgehead atoms. The third kappa shape index (κ3) is 3.67. The Morgan fingerprint density at radius 3 is 3.00 bits per heavy atom. The quantitative estimate of drug-likeness (QED) is 0.848. The topological polar surface area (TPSA) is 21.3 Å². The zero-order chi connectivity index (χ0) is 14.5. The number of hydrogen-bond acceptors (Lipinski definition) is 3. The maximum Gasteiger partial charge on any atom is 0.0921 e. The molecule has 3 rings (SSSR count). The van der Waals surface area contributed by atoms with E-state index in [-0.39, 0.29) is 6.10 Å². The lowest BCUT2D eigenvalue weighted by molar-refractivity contribution is 0.0588. The molecule has 0 radical (unpaired) electrons. The van der Waals surface area contributed by atoms with Crippen LogP contribution in [0.4, 0.5) is 0 Å². The number of benzene rings is 2. The molecule has 0 spiro atoms. The molecule has 0 saturated carbocycles. The number of fused-ring (bicyclic) bond motifs is 1. The minimum atomic E-state index is 0.216. The van der Waals surface area contributed by atoms with Gasteiger partial charge in [0.2, 0.25) is 0 Å². The molecule has 21 heavy (non-hydrogen) atoms. The third-order valence-electron chi connectivity index (χ3n) is 3.77. The van der Waals surface area contributed by atoms with Crippen molar-refractivity contribution in [3.63, 3.8) is 0 Å². The first-order valence-corrected chi connectivity index (χ1v) is 8.41. The maximum absolute atomic E-state index is 5.97. The highest BCUT2D eigenvalue weighted by Crippen LogP contribution is 2.32. The van der Waals surface area contributed by atoms with Gasteiger partial charge < -0.3 is 10.1 Å². The summed E-state index contributed by atoms with van der Waals surface area (Å²) < 4.78 is 5.97. The Bertz CT molecular complexity index is 599. The summed E-state index contributed by atoms with van der Waals surface area (Å²) in [6, 6.07) is 17.4. The highest BCUT2D eigenvalue weighted by molar-refractivity contribution is 7.99. The van der Waals surface area contributed by atoms with Crippen molar-refractivity contribution in [1.82, 2.24) is 5.32 Å². The van der Waals surface area contributed by atoms with Crippen LogP contribution in [-0.2, 0) is 17.7 Å². The second-order valence-corrected chi connectivity index (χ2v) is 6.39. The van der Waals surface area contributed by atoms with Crippen LogP contribution in [0.5, 0.6) is 0 Å². The molecular formula is C18H21NOS. The molecule has 2 nitrogen and oxygen atoms in total. The second-order valence-electron chi connectivity index (χ2n) is 5.30.